The lowest BCUT2D eigenvalue weighted by molar-refractivity contribution is -0.146. The number of ether oxygens (including phenoxy) is 2. The van der Waals surface area contributed by atoms with E-state index in [1.807, 2.05) is 87.4 Å². The molecule has 1 fully saturated rings. The standard InChI is InChI=1S/C43H46BrN5O5Si/c1-28-41(55(3,4)35-16-14-34(53-2)15-17-35)39(20-22-47-27-32(21-23-50)45-46-47)54-43(28)36-25-31(44)13-18-38(36)48(42(43)52)26-29-8-7-10-33(24-29)49-37-11-6-5-9-30(37)12-19-40(49)51/h5-11,13-18,24-25,27-28,39,41,50H,12,19-23,26H2,1-4H3/t28-,39+,41-,43+/m1/s1. The van der Waals surface area contributed by atoms with E-state index in [0.29, 0.717) is 32.4 Å². The molecule has 0 aliphatic carbocycles. The third-order valence-electron chi connectivity index (χ3n) is 12.0. The molecule has 4 atom stereocenters. The number of amides is 2. The van der Waals surface area contributed by atoms with Crippen LogP contribution in [-0.2, 0) is 45.9 Å². The first-order chi connectivity index (χ1) is 26.5. The van der Waals surface area contributed by atoms with E-state index in [1.54, 1.807) is 7.11 Å². The van der Waals surface area contributed by atoms with Crippen LogP contribution < -0.4 is 19.7 Å². The van der Waals surface area contributed by atoms with Gasteiger partial charge in [0.2, 0.25) is 5.91 Å². The van der Waals surface area contributed by atoms with Crippen LogP contribution in [0.2, 0.25) is 18.6 Å². The lowest BCUT2D eigenvalue weighted by atomic mass is 9.82. The van der Waals surface area contributed by atoms with Crippen molar-refractivity contribution in [2.75, 3.05) is 23.5 Å². The quantitative estimate of drug-likeness (QED) is 0.142. The molecule has 8 rings (SSSR count). The van der Waals surface area contributed by atoms with Gasteiger partial charge in [-0.2, -0.15) is 0 Å². The van der Waals surface area contributed by atoms with Crippen molar-refractivity contribution in [2.45, 2.75) is 76.0 Å². The number of aliphatic hydroxyl groups excluding tert-OH is 1. The van der Waals surface area contributed by atoms with Crippen molar-refractivity contribution in [3.05, 3.63) is 124 Å². The van der Waals surface area contributed by atoms with Gasteiger partial charge in [-0.05, 0) is 78.0 Å². The van der Waals surface area contributed by atoms with Crippen LogP contribution in [0, 0.1) is 5.92 Å². The van der Waals surface area contributed by atoms with Crippen LogP contribution in [0.5, 0.6) is 5.75 Å². The largest absolute Gasteiger partial charge is 0.497 e. The highest BCUT2D eigenvalue weighted by molar-refractivity contribution is 9.10. The Bertz CT molecular complexity index is 2240. The molecule has 0 saturated carbocycles. The van der Waals surface area contributed by atoms with Crippen LogP contribution in [0.3, 0.4) is 0 Å². The molecule has 0 unspecified atom stereocenters. The van der Waals surface area contributed by atoms with Gasteiger partial charge in [0.1, 0.15) is 5.75 Å². The van der Waals surface area contributed by atoms with Crippen molar-refractivity contribution in [2.24, 2.45) is 5.92 Å². The molecule has 10 nitrogen and oxygen atoms in total. The van der Waals surface area contributed by atoms with E-state index in [2.05, 4.69) is 70.5 Å². The average Bonchev–Trinajstić information content (AvgIpc) is 3.83. The van der Waals surface area contributed by atoms with Crippen molar-refractivity contribution in [3.63, 3.8) is 0 Å². The van der Waals surface area contributed by atoms with Crippen LogP contribution in [0.4, 0.5) is 17.1 Å². The molecule has 0 bridgehead atoms. The molecule has 1 N–H and O–H groups in total. The summed E-state index contributed by atoms with van der Waals surface area (Å²) in [4.78, 5) is 32.4. The number of methoxy groups -OCH3 is 1. The van der Waals surface area contributed by atoms with Gasteiger partial charge in [-0.15, -0.1) is 5.10 Å². The Balaban J connectivity index is 1.16. The van der Waals surface area contributed by atoms with Crippen molar-refractivity contribution in [1.82, 2.24) is 15.0 Å². The number of para-hydroxylation sites is 1. The zero-order valence-corrected chi connectivity index (χ0v) is 34.2. The van der Waals surface area contributed by atoms with Crippen molar-refractivity contribution >= 4 is 58.1 Å². The van der Waals surface area contributed by atoms with Crippen molar-refractivity contribution in [1.29, 1.82) is 0 Å². The summed E-state index contributed by atoms with van der Waals surface area (Å²) < 4.78 is 15.5. The number of benzene rings is 4. The van der Waals surface area contributed by atoms with Gasteiger partial charge >= 0.3 is 0 Å². The Kier molecular flexibility index (Phi) is 10.0. The molecule has 284 valence electrons. The van der Waals surface area contributed by atoms with Crippen LogP contribution in [0.25, 0.3) is 0 Å². The Morgan fingerprint density at radius 3 is 2.56 bits per heavy atom. The number of carbonyl (C=O) groups excluding carboxylic acids is 2. The molecule has 12 heteroatoms. The van der Waals surface area contributed by atoms with Crippen LogP contribution in [0.15, 0.2) is 102 Å². The van der Waals surface area contributed by atoms with E-state index in [9.17, 15) is 9.90 Å². The number of anilines is 3. The summed E-state index contributed by atoms with van der Waals surface area (Å²) in [6.07, 6.45) is 3.88. The number of nitrogens with zero attached hydrogens (tertiary/aromatic N) is 5. The van der Waals surface area contributed by atoms with Crippen molar-refractivity contribution < 1.29 is 24.2 Å². The van der Waals surface area contributed by atoms with Gasteiger partial charge < -0.3 is 19.5 Å². The fourth-order valence-electron chi connectivity index (χ4n) is 9.34. The smallest absolute Gasteiger partial charge is 0.264 e. The van der Waals surface area contributed by atoms with Crippen molar-refractivity contribution in [3.8, 4) is 5.75 Å². The maximum Gasteiger partial charge on any atom is 0.264 e. The molecule has 1 saturated heterocycles. The highest BCUT2D eigenvalue weighted by atomic mass is 79.9. The number of fused-ring (bicyclic) bond motifs is 3. The second-order valence-corrected chi connectivity index (χ2v) is 21.1. The SMILES string of the molecule is COc1ccc([Si](C)(C)[C@H]2[C@H](CCn3cc(CCO)nn3)O[C@@]3(C(=O)N(Cc4cccc(N5C(=O)CCc6ccccc65)c4)c4ccc(Br)cc43)[C@@H]2C)cc1. The predicted molar refractivity (Wildman–Crippen MR) is 219 cm³/mol. The number of aromatic nitrogens is 3. The summed E-state index contributed by atoms with van der Waals surface area (Å²) in [5, 5.41) is 19.3. The minimum atomic E-state index is -2.35. The Hall–Kier alpha value is -4.62. The number of aryl methyl sites for hydroxylation is 2. The predicted octanol–water partition coefficient (Wildman–Crippen LogP) is 7.05. The summed E-state index contributed by atoms with van der Waals surface area (Å²) in [6, 6.07) is 30.5. The third kappa shape index (κ3) is 6.52. The normalized spacial score (nSPS) is 22.0. The van der Waals surface area contributed by atoms with E-state index in [0.717, 1.165) is 56.1 Å². The first-order valence-electron chi connectivity index (χ1n) is 19.0. The molecule has 1 aromatic heterocycles. The lowest BCUT2D eigenvalue weighted by Gasteiger charge is -2.37. The van der Waals surface area contributed by atoms with Gasteiger partial charge in [0.15, 0.2) is 5.60 Å². The van der Waals surface area contributed by atoms with E-state index >= 15 is 4.79 Å². The maximum absolute atomic E-state index is 15.4. The first-order valence-corrected chi connectivity index (χ1v) is 22.9. The number of rotatable bonds is 11. The highest BCUT2D eigenvalue weighted by Crippen LogP contribution is 2.60. The molecule has 55 heavy (non-hydrogen) atoms. The van der Waals surface area contributed by atoms with Crippen LogP contribution in [0.1, 0.15) is 42.1 Å². The highest BCUT2D eigenvalue weighted by Gasteiger charge is 2.66. The van der Waals surface area contributed by atoms with Gasteiger partial charge in [0, 0.05) is 53.8 Å². The molecule has 4 heterocycles. The van der Waals surface area contributed by atoms with Gasteiger partial charge in [-0.1, -0.05) is 88.8 Å². The van der Waals surface area contributed by atoms with Gasteiger partial charge in [0.05, 0.1) is 44.9 Å². The molecule has 2 amide bonds. The van der Waals surface area contributed by atoms with Gasteiger partial charge in [-0.25, -0.2) is 0 Å². The number of hydrogen-bond acceptors (Lipinski definition) is 7. The molecule has 5 aromatic rings. The first kappa shape index (κ1) is 37.3. The van der Waals surface area contributed by atoms with E-state index in [1.165, 1.54) is 5.19 Å². The average molecular weight is 821 g/mol. The summed E-state index contributed by atoms with van der Waals surface area (Å²) in [6.45, 7) is 7.85. The fourth-order valence-corrected chi connectivity index (χ4v) is 13.8. The molecule has 3 aliphatic heterocycles. The Morgan fingerprint density at radius 1 is 0.982 bits per heavy atom. The third-order valence-corrected chi connectivity index (χ3v) is 16.8. The summed E-state index contributed by atoms with van der Waals surface area (Å²) in [7, 11) is -0.673. The summed E-state index contributed by atoms with van der Waals surface area (Å²) in [5.74, 6) is 0.629. The van der Waals surface area contributed by atoms with E-state index in [-0.39, 0.29) is 36.0 Å². The fraction of sp³-hybridized carbons (Fsp3) is 0.349. The number of carbonyl (C=O) groups is 2. The molecular formula is C43H46BrN5O5Si. The van der Waals surface area contributed by atoms with E-state index < -0.39 is 13.7 Å². The Morgan fingerprint density at radius 2 is 1.78 bits per heavy atom. The topological polar surface area (TPSA) is 110 Å². The summed E-state index contributed by atoms with van der Waals surface area (Å²) >= 11 is 3.73. The molecule has 1 spiro atoms. The molecule has 4 aromatic carbocycles. The Labute approximate surface area is 331 Å². The van der Waals surface area contributed by atoms with Crippen LogP contribution >= 0.6 is 15.9 Å². The zero-order valence-electron chi connectivity index (χ0n) is 31.6. The second kappa shape index (κ2) is 14.8. The summed E-state index contributed by atoms with van der Waals surface area (Å²) in [5.41, 5.74) is 5.06. The molecular weight excluding hydrogens is 774 g/mol. The minimum absolute atomic E-state index is 0.0103. The maximum atomic E-state index is 15.4. The minimum Gasteiger partial charge on any atom is -0.497 e. The zero-order chi connectivity index (χ0) is 38.5. The van der Waals surface area contributed by atoms with Gasteiger partial charge in [0.25, 0.3) is 5.91 Å². The lowest BCUT2D eigenvalue weighted by Crippen LogP contribution is -2.51. The van der Waals surface area contributed by atoms with E-state index in [4.69, 9.17) is 9.47 Å². The van der Waals surface area contributed by atoms with Gasteiger partial charge in [-0.3, -0.25) is 19.2 Å². The number of hydrogen-bond donors (Lipinski definition) is 1. The molecule has 0 radical (unpaired) electrons. The molecule has 3 aliphatic rings. The number of halogens is 1. The second-order valence-electron chi connectivity index (χ2n) is 15.5. The van der Waals surface area contributed by atoms with Crippen LogP contribution in [-0.4, -0.2) is 59.8 Å². The monoisotopic (exact) mass is 819 g/mol. The number of aliphatic hydroxyl groups is 1.